The number of benzene rings is 1. The highest BCUT2D eigenvalue weighted by Gasteiger charge is 2.20. The van der Waals surface area contributed by atoms with Crippen LogP contribution in [0.15, 0.2) is 34.2 Å². The number of primary amides is 1. The van der Waals surface area contributed by atoms with Crippen molar-refractivity contribution in [3.05, 3.63) is 34.6 Å². The number of nitrogens with one attached hydrogen (secondary N) is 1. The van der Waals surface area contributed by atoms with Crippen LogP contribution in [0.1, 0.15) is 32.1 Å². The highest BCUT2D eigenvalue weighted by molar-refractivity contribution is 7.99. The van der Waals surface area contributed by atoms with E-state index in [1.807, 2.05) is 6.07 Å². The van der Waals surface area contributed by atoms with Crippen LogP contribution in [0.5, 0.6) is 0 Å². The van der Waals surface area contributed by atoms with Crippen molar-refractivity contribution in [3.63, 3.8) is 0 Å². The molecule has 1 aliphatic rings. The number of para-hydroxylation sites is 1. The summed E-state index contributed by atoms with van der Waals surface area (Å²) in [6.45, 7) is 0.199. The Morgan fingerprint density at radius 1 is 1.21 bits per heavy atom. The molecule has 0 bridgehead atoms. The van der Waals surface area contributed by atoms with E-state index in [9.17, 15) is 14.4 Å². The molecular formula is C19H22N6O3S. The number of fused-ring (bicyclic) bond motifs is 3. The lowest BCUT2D eigenvalue weighted by molar-refractivity contribution is -0.122. The number of hydrogen-bond donors (Lipinski definition) is 2. The Kier molecular flexibility index (Phi) is 5.52. The van der Waals surface area contributed by atoms with E-state index in [2.05, 4.69) is 15.5 Å². The first-order valence-electron chi connectivity index (χ1n) is 9.61. The second kappa shape index (κ2) is 8.24. The fraction of sp³-hybridized carbons (Fsp3) is 0.421. The van der Waals surface area contributed by atoms with E-state index in [0.717, 1.165) is 37.4 Å². The van der Waals surface area contributed by atoms with Crippen LogP contribution in [-0.2, 0) is 16.1 Å². The number of carbonyl (C=O) groups is 2. The van der Waals surface area contributed by atoms with E-state index in [1.54, 1.807) is 22.6 Å². The predicted molar refractivity (Wildman–Crippen MR) is 110 cm³/mol. The molecule has 1 saturated carbocycles. The molecule has 1 fully saturated rings. The molecule has 0 radical (unpaired) electrons. The van der Waals surface area contributed by atoms with Crippen LogP contribution < -0.4 is 16.6 Å². The van der Waals surface area contributed by atoms with E-state index in [1.165, 1.54) is 4.57 Å². The molecular weight excluding hydrogens is 392 g/mol. The van der Waals surface area contributed by atoms with Gasteiger partial charge in [-0.15, -0.1) is 10.2 Å². The van der Waals surface area contributed by atoms with Gasteiger partial charge in [-0.3, -0.25) is 23.4 Å². The zero-order valence-corrected chi connectivity index (χ0v) is 16.7. The summed E-state index contributed by atoms with van der Waals surface area (Å²) in [6.07, 6.45) is 4.48. The first-order chi connectivity index (χ1) is 14.0. The number of aromatic nitrogens is 4. The van der Waals surface area contributed by atoms with Crippen LogP contribution in [0, 0.1) is 0 Å². The van der Waals surface area contributed by atoms with Gasteiger partial charge in [0, 0.05) is 19.0 Å². The van der Waals surface area contributed by atoms with Crippen molar-refractivity contribution >= 4 is 40.3 Å². The number of nitrogens with two attached hydrogens (primary N) is 1. The summed E-state index contributed by atoms with van der Waals surface area (Å²) in [6, 6.07) is 7.38. The zero-order valence-electron chi connectivity index (χ0n) is 15.8. The van der Waals surface area contributed by atoms with E-state index < -0.39 is 5.91 Å². The minimum atomic E-state index is -0.465. The Balaban J connectivity index is 1.68. The lowest BCUT2D eigenvalue weighted by Crippen LogP contribution is -2.34. The van der Waals surface area contributed by atoms with Gasteiger partial charge in [-0.1, -0.05) is 36.7 Å². The van der Waals surface area contributed by atoms with Crippen LogP contribution >= 0.6 is 11.8 Å². The van der Waals surface area contributed by atoms with E-state index in [4.69, 9.17) is 5.73 Å². The Labute approximate surface area is 170 Å². The minimum absolute atomic E-state index is 0.0536. The molecule has 2 amide bonds. The highest BCUT2D eigenvalue weighted by atomic mass is 32.2. The van der Waals surface area contributed by atoms with Crippen LogP contribution in [0.2, 0.25) is 0 Å². The Morgan fingerprint density at radius 3 is 2.72 bits per heavy atom. The summed E-state index contributed by atoms with van der Waals surface area (Å²) in [5, 5.41) is 12.3. The smallest absolute Gasteiger partial charge is 0.262 e. The van der Waals surface area contributed by atoms with Crippen molar-refractivity contribution in [2.24, 2.45) is 5.73 Å². The fourth-order valence-corrected chi connectivity index (χ4v) is 4.43. The Bertz CT molecular complexity index is 1130. The maximum absolute atomic E-state index is 13.0. The standard InChI is InChI=1S/C19H22N6O3S/c20-15(26)11-29-19-23-22-18-24(10-9-16(27)21-12-5-1-2-6-12)17(28)13-7-3-4-8-14(13)25(18)19/h3-4,7-8,12H,1-2,5-6,9-11H2,(H2,20,26)(H,21,27). The average Bonchev–Trinajstić information content (AvgIpc) is 3.36. The molecule has 0 spiro atoms. The highest BCUT2D eigenvalue weighted by Crippen LogP contribution is 2.21. The lowest BCUT2D eigenvalue weighted by Gasteiger charge is -2.13. The molecule has 0 aliphatic heterocycles. The molecule has 2 aromatic heterocycles. The lowest BCUT2D eigenvalue weighted by atomic mass is 10.2. The van der Waals surface area contributed by atoms with Crippen molar-refractivity contribution < 1.29 is 9.59 Å². The second-order valence-electron chi connectivity index (χ2n) is 7.15. The van der Waals surface area contributed by atoms with Gasteiger partial charge in [0.05, 0.1) is 16.7 Å². The van der Waals surface area contributed by atoms with Crippen molar-refractivity contribution in [1.29, 1.82) is 0 Å². The van der Waals surface area contributed by atoms with Gasteiger partial charge in [0.25, 0.3) is 5.56 Å². The quantitative estimate of drug-likeness (QED) is 0.557. The summed E-state index contributed by atoms with van der Waals surface area (Å²) in [4.78, 5) is 36.6. The van der Waals surface area contributed by atoms with Gasteiger partial charge < -0.3 is 11.1 Å². The number of amides is 2. The fourth-order valence-electron chi connectivity index (χ4n) is 3.75. The first kappa shape index (κ1) is 19.4. The van der Waals surface area contributed by atoms with Crippen molar-refractivity contribution in [3.8, 4) is 0 Å². The van der Waals surface area contributed by atoms with Gasteiger partial charge in [-0.2, -0.15) is 0 Å². The predicted octanol–water partition coefficient (Wildman–Crippen LogP) is 1.07. The van der Waals surface area contributed by atoms with Gasteiger partial charge in [0.1, 0.15) is 0 Å². The maximum Gasteiger partial charge on any atom is 0.262 e. The average molecular weight is 414 g/mol. The molecule has 29 heavy (non-hydrogen) atoms. The molecule has 0 saturated heterocycles. The number of aryl methyl sites for hydroxylation is 1. The van der Waals surface area contributed by atoms with Crippen molar-refractivity contribution in [1.82, 2.24) is 24.5 Å². The third-order valence-corrected chi connectivity index (χ3v) is 6.06. The summed E-state index contributed by atoms with van der Waals surface area (Å²) in [7, 11) is 0. The van der Waals surface area contributed by atoms with Crippen LogP contribution in [-0.4, -0.2) is 42.8 Å². The maximum atomic E-state index is 13.0. The van der Waals surface area contributed by atoms with E-state index in [-0.39, 0.29) is 36.2 Å². The number of rotatable bonds is 7. The minimum Gasteiger partial charge on any atom is -0.369 e. The molecule has 0 unspecified atom stereocenters. The SMILES string of the molecule is NC(=O)CSc1nnc2n(CCC(=O)NC3CCCC3)c(=O)c3ccccc3n12. The third kappa shape index (κ3) is 3.98. The second-order valence-corrected chi connectivity index (χ2v) is 8.09. The Hall–Kier alpha value is -2.88. The topological polar surface area (TPSA) is 124 Å². The molecule has 10 heteroatoms. The van der Waals surface area contributed by atoms with Crippen molar-refractivity contribution in [2.45, 2.75) is 49.8 Å². The largest absolute Gasteiger partial charge is 0.369 e. The zero-order chi connectivity index (χ0) is 20.4. The van der Waals surface area contributed by atoms with Crippen LogP contribution in [0.4, 0.5) is 0 Å². The molecule has 0 atom stereocenters. The Morgan fingerprint density at radius 2 is 1.97 bits per heavy atom. The monoisotopic (exact) mass is 414 g/mol. The van der Waals surface area contributed by atoms with Crippen LogP contribution in [0.25, 0.3) is 16.7 Å². The number of nitrogens with zero attached hydrogens (tertiary/aromatic N) is 4. The molecule has 152 valence electrons. The summed E-state index contributed by atoms with van der Waals surface area (Å²) >= 11 is 1.16. The summed E-state index contributed by atoms with van der Waals surface area (Å²) in [5.74, 6) is -0.141. The molecule has 3 aromatic rings. The molecule has 2 heterocycles. The third-order valence-electron chi connectivity index (χ3n) is 5.10. The number of thioether (sulfide) groups is 1. The van der Waals surface area contributed by atoms with Gasteiger partial charge >= 0.3 is 0 Å². The van der Waals surface area contributed by atoms with Crippen molar-refractivity contribution in [2.75, 3.05) is 5.75 Å². The summed E-state index contributed by atoms with van der Waals surface area (Å²) < 4.78 is 3.21. The number of hydrogen-bond acceptors (Lipinski definition) is 6. The molecule has 1 aromatic carbocycles. The van der Waals surface area contributed by atoms with Gasteiger partial charge in [0.2, 0.25) is 17.6 Å². The van der Waals surface area contributed by atoms with Gasteiger partial charge in [0.15, 0.2) is 5.16 Å². The molecule has 1 aliphatic carbocycles. The normalized spacial score (nSPS) is 14.6. The molecule has 3 N–H and O–H groups in total. The number of carbonyl (C=O) groups excluding carboxylic acids is 2. The summed E-state index contributed by atoms with van der Waals surface area (Å²) in [5.41, 5.74) is 5.68. The van der Waals surface area contributed by atoms with E-state index >= 15 is 0 Å². The molecule has 9 nitrogen and oxygen atoms in total. The van der Waals surface area contributed by atoms with E-state index in [0.29, 0.717) is 21.8 Å². The van der Waals surface area contributed by atoms with Crippen LogP contribution in [0.3, 0.4) is 0 Å². The molecule has 4 rings (SSSR count). The van der Waals surface area contributed by atoms with Gasteiger partial charge in [-0.05, 0) is 25.0 Å². The first-order valence-corrected chi connectivity index (χ1v) is 10.6. The van der Waals surface area contributed by atoms with Gasteiger partial charge in [-0.25, -0.2) is 0 Å².